The third-order valence-electron chi connectivity index (χ3n) is 5.80. The second-order valence-corrected chi connectivity index (χ2v) is 7.68. The van der Waals surface area contributed by atoms with Gasteiger partial charge in [-0.1, -0.05) is 12.1 Å². The van der Waals surface area contributed by atoms with E-state index in [9.17, 15) is 9.59 Å². The first kappa shape index (κ1) is 18.0. The Morgan fingerprint density at radius 2 is 1.72 bits per heavy atom. The summed E-state index contributed by atoms with van der Waals surface area (Å²) in [4.78, 5) is 29.2. The minimum atomic E-state index is -0.646. The Morgan fingerprint density at radius 3 is 2.52 bits per heavy atom. The third kappa shape index (κ3) is 3.43. The number of amides is 2. The lowest BCUT2D eigenvalue weighted by atomic mass is 10.1. The lowest BCUT2D eigenvalue weighted by Gasteiger charge is -2.36. The molecule has 0 radical (unpaired) electrons. The predicted octanol–water partition coefficient (Wildman–Crippen LogP) is 1.34. The first-order valence-corrected chi connectivity index (χ1v) is 10.2. The second kappa shape index (κ2) is 7.42. The predicted molar refractivity (Wildman–Crippen MR) is 104 cm³/mol. The monoisotopic (exact) mass is 396 g/mol. The van der Waals surface area contributed by atoms with Gasteiger partial charge in [-0.25, -0.2) is 0 Å². The van der Waals surface area contributed by atoms with Gasteiger partial charge in [-0.05, 0) is 37.5 Å². The molecule has 1 atom stereocenters. The van der Waals surface area contributed by atoms with E-state index in [2.05, 4.69) is 5.10 Å². The summed E-state index contributed by atoms with van der Waals surface area (Å²) in [6.45, 7) is 3.06. The van der Waals surface area contributed by atoms with Gasteiger partial charge in [0.05, 0.1) is 0 Å². The van der Waals surface area contributed by atoms with Crippen LogP contribution in [0.5, 0.6) is 11.5 Å². The van der Waals surface area contributed by atoms with Gasteiger partial charge in [0.2, 0.25) is 6.10 Å². The first-order valence-electron chi connectivity index (χ1n) is 10.2. The average molecular weight is 396 g/mol. The molecule has 2 aromatic rings. The molecule has 8 heteroatoms. The summed E-state index contributed by atoms with van der Waals surface area (Å²) >= 11 is 0. The number of aryl methyl sites for hydroxylation is 2. The number of fused-ring (bicyclic) bond motifs is 2. The maximum atomic E-state index is 12.8. The number of rotatable bonds is 2. The molecule has 2 amide bonds. The van der Waals surface area contributed by atoms with Gasteiger partial charge in [-0.3, -0.25) is 14.3 Å². The van der Waals surface area contributed by atoms with Gasteiger partial charge in [-0.2, -0.15) is 5.10 Å². The van der Waals surface area contributed by atoms with E-state index in [1.54, 1.807) is 15.9 Å². The number of piperazine rings is 1. The largest absolute Gasteiger partial charge is 0.485 e. The Hall–Kier alpha value is -3.03. The summed E-state index contributed by atoms with van der Waals surface area (Å²) in [5.74, 6) is 1.11. The van der Waals surface area contributed by atoms with Crippen molar-refractivity contribution in [2.24, 2.45) is 0 Å². The number of aromatic nitrogens is 2. The van der Waals surface area contributed by atoms with E-state index in [-0.39, 0.29) is 18.4 Å². The molecule has 0 spiro atoms. The summed E-state index contributed by atoms with van der Waals surface area (Å²) < 4.78 is 13.4. The third-order valence-corrected chi connectivity index (χ3v) is 5.80. The molecule has 3 aliphatic rings. The van der Waals surface area contributed by atoms with E-state index in [0.29, 0.717) is 43.4 Å². The molecular formula is C21H24N4O4. The van der Waals surface area contributed by atoms with Crippen molar-refractivity contribution in [1.82, 2.24) is 19.6 Å². The van der Waals surface area contributed by atoms with Crippen LogP contribution in [-0.4, -0.2) is 70.3 Å². The van der Waals surface area contributed by atoms with Gasteiger partial charge < -0.3 is 19.3 Å². The summed E-state index contributed by atoms with van der Waals surface area (Å²) in [6.07, 6.45) is 2.60. The maximum absolute atomic E-state index is 12.8. The van der Waals surface area contributed by atoms with Crippen molar-refractivity contribution < 1.29 is 19.1 Å². The topological polar surface area (TPSA) is 76.9 Å². The summed E-state index contributed by atoms with van der Waals surface area (Å²) in [7, 11) is 0. The Bertz CT molecular complexity index is 909. The van der Waals surface area contributed by atoms with Crippen molar-refractivity contribution in [3.05, 3.63) is 41.7 Å². The van der Waals surface area contributed by atoms with Gasteiger partial charge in [-0.15, -0.1) is 0 Å². The lowest BCUT2D eigenvalue weighted by molar-refractivity contribution is -0.142. The van der Waals surface area contributed by atoms with Crippen LogP contribution in [0.25, 0.3) is 0 Å². The maximum Gasteiger partial charge on any atom is 0.274 e. The molecule has 0 N–H and O–H groups in total. The summed E-state index contributed by atoms with van der Waals surface area (Å²) in [6, 6.07) is 9.28. The minimum Gasteiger partial charge on any atom is -0.485 e. The number of nitrogens with zero attached hydrogens (tertiary/aromatic N) is 4. The van der Waals surface area contributed by atoms with E-state index < -0.39 is 6.10 Å². The zero-order valence-corrected chi connectivity index (χ0v) is 16.2. The van der Waals surface area contributed by atoms with Gasteiger partial charge in [0, 0.05) is 38.4 Å². The molecule has 1 aromatic carbocycles. The highest BCUT2D eigenvalue weighted by molar-refractivity contribution is 5.92. The van der Waals surface area contributed by atoms with Crippen LogP contribution < -0.4 is 9.47 Å². The van der Waals surface area contributed by atoms with Crippen molar-refractivity contribution in [2.45, 2.75) is 31.9 Å². The Morgan fingerprint density at radius 1 is 0.966 bits per heavy atom. The number of carbonyl (C=O) groups is 2. The molecule has 0 aliphatic carbocycles. The first-order chi connectivity index (χ1) is 14.2. The zero-order chi connectivity index (χ0) is 19.8. The Balaban J connectivity index is 1.19. The number of carbonyl (C=O) groups excluding carboxylic acids is 2. The molecule has 152 valence electrons. The van der Waals surface area contributed by atoms with Crippen molar-refractivity contribution in [3.63, 3.8) is 0 Å². The molecule has 3 aliphatic heterocycles. The molecule has 5 rings (SSSR count). The fraction of sp³-hybridized carbons (Fsp3) is 0.476. The molecule has 8 nitrogen and oxygen atoms in total. The van der Waals surface area contributed by atoms with E-state index in [1.165, 1.54) is 0 Å². The van der Waals surface area contributed by atoms with Crippen LogP contribution in [0.4, 0.5) is 0 Å². The number of hydrogen-bond acceptors (Lipinski definition) is 5. The van der Waals surface area contributed by atoms with Crippen molar-refractivity contribution in [3.8, 4) is 11.5 Å². The smallest absolute Gasteiger partial charge is 0.274 e. The van der Waals surface area contributed by atoms with Crippen LogP contribution in [0.15, 0.2) is 30.3 Å². The zero-order valence-electron chi connectivity index (χ0n) is 16.2. The van der Waals surface area contributed by atoms with Crippen molar-refractivity contribution in [2.75, 3.05) is 32.8 Å². The van der Waals surface area contributed by atoms with Crippen molar-refractivity contribution >= 4 is 11.8 Å². The van der Waals surface area contributed by atoms with E-state index in [1.807, 2.05) is 28.9 Å². The highest BCUT2D eigenvalue weighted by Gasteiger charge is 2.34. The molecule has 0 unspecified atom stereocenters. The summed E-state index contributed by atoms with van der Waals surface area (Å²) in [5, 5.41) is 4.48. The van der Waals surface area contributed by atoms with E-state index in [4.69, 9.17) is 9.47 Å². The molecular weight excluding hydrogens is 372 g/mol. The van der Waals surface area contributed by atoms with Crippen LogP contribution >= 0.6 is 0 Å². The van der Waals surface area contributed by atoms with E-state index >= 15 is 0 Å². The standard InChI is InChI=1S/C21H24N4O4/c26-20(16-13-15-5-3-4-8-25(15)22-16)23-9-11-24(12-10-23)21(27)19-14-28-17-6-1-2-7-18(17)29-19/h1-2,6-7,13,19H,3-5,8-12,14H2/t19-/m1/s1. The number of ether oxygens (including phenoxy) is 2. The molecule has 0 saturated carbocycles. The second-order valence-electron chi connectivity index (χ2n) is 7.68. The van der Waals surface area contributed by atoms with Gasteiger partial charge in [0.1, 0.15) is 6.61 Å². The lowest BCUT2D eigenvalue weighted by Crippen LogP contribution is -2.55. The number of hydrogen-bond donors (Lipinski definition) is 0. The van der Waals surface area contributed by atoms with Gasteiger partial charge in [0.25, 0.3) is 11.8 Å². The van der Waals surface area contributed by atoms with Crippen LogP contribution in [0.3, 0.4) is 0 Å². The van der Waals surface area contributed by atoms with Crippen LogP contribution in [0.2, 0.25) is 0 Å². The van der Waals surface area contributed by atoms with Crippen LogP contribution in [-0.2, 0) is 17.8 Å². The molecule has 0 bridgehead atoms. The molecule has 1 saturated heterocycles. The van der Waals surface area contributed by atoms with Crippen LogP contribution in [0.1, 0.15) is 29.0 Å². The fourth-order valence-corrected chi connectivity index (χ4v) is 4.16. The molecule has 4 heterocycles. The van der Waals surface area contributed by atoms with Crippen molar-refractivity contribution in [1.29, 1.82) is 0 Å². The number of para-hydroxylation sites is 2. The fourth-order valence-electron chi connectivity index (χ4n) is 4.16. The summed E-state index contributed by atoms with van der Waals surface area (Å²) in [5.41, 5.74) is 1.66. The highest BCUT2D eigenvalue weighted by atomic mass is 16.6. The molecule has 29 heavy (non-hydrogen) atoms. The quantitative estimate of drug-likeness (QED) is 0.766. The molecule has 1 fully saturated rings. The van der Waals surface area contributed by atoms with Gasteiger partial charge >= 0.3 is 0 Å². The number of benzene rings is 1. The Kier molecular flexibility index (Phi) is 4.61. The average Bonchev–Trinajstić information content (AvgIpc) is 3.22. The SMILES string of the molecule is O=C(c1cc2n(n1)CCCC2)N1CCN(C(=O)[C@H]2COc3ccccc3O2)CC1. The Labute approximate surface area is 169 Å². The van der Waals surface area contributed by atoms with Crippen LogP contribution in [0, 0.1) is 0 Å². The molecule has 1 aromatic heterocycles. The minimum absolute atomic E-state index is 0.0508. The highest BCUT2D eigenvalue weighted by Crippen LogP contribution is 2.31. The normalized spacial score (nSPS) is 20.9. The van der Waals surface area contributed by atoms with Gasteiger partial charge in [0.15, 0.2) is 17.2 Å². The van der Waals surface area contributed by atoms with E-state index in [0.717, 1.165) is 31.5 Å².